The summed E-state index contributed by atoms with van der Waals surface area (Å²) in [6, 6.07) is 0. The molecule has 0 aliphatic heterocycles. The Kier molecular flexibility index (Phi) is 12.4. The third-order valence-electron chi connectivity index (χ3n) is 5.88. The fraction of sp³-hybridized carbons (Fsp3) is 0.909. The van der Waals surface area contributed by atoms with E-state index in [1.807, 2.05) is 0 Å². The Morgan fingerprint density at radius 2 is 1.42 bits per heavy atom. The molecule has 4 heteroatoms. The van der Waals surface area contributed by atoms with Gasteiger partial charge in [0.05, 0.1) is 5.92 Å². The van der Waals surface area contributed by atoms with Crippen LogP contribution >= 0.6 is 0 Å². The number of hydrogen-bond acceptors (Lipinski definition) is 2. The van der Waals surface area contributed by atoms with Crippen molar-refractivity contribution in [1.82, 2.24) is 0 Å². The van der Waals surface area contributed by atoms with E-state index in [2.05, 4.69) is 6.92 Å². The van der Waals surface area contributed by atoms with Crippen LogP contribution in [0.2, 0.25) is 0 Å². The Bertz CT molecular complexity index is 394. The number of aliphatic carboxylic acids is 2. The number of carbonyl (C=O) groups is 2. The van der Waals surface area contributed by atoms with Gasteiger partial charge in [0.1, 0.15) is 0 Å². The molecule has 1 saturated carbocycles. The molecular weight excluding hydrogens is 328 g/mol. The Labute approximate surface area is 159 Å². The van der Waals surface area contributed by atoms with Crippen molar-refractivity contribution in [3.05, 3.63) is 0 Å². The first-order chi connectivity index (χ1) is 12.5. The summed E-state index contributed by atoms with van der Waals surface area (Å²) in [5.74, 6) is -0.473. The van der Waals surface area contributed by atoms with Crippen LogP contribution in [0.3, 0.4) is 0 Å². The monoisotopic (exact) mass is 368 g/mol. The third kappa shape index (κ3) is 11.5. The van der Waals surface area contributed by atoms with Crippen molar-refractivity contribution in [1.29, 1.82) is 0 Å². The van der Waals surface area contributed by atoms with E-state index in [4.69, 9.17) is 5.11 Å². The summed E-state index contributed by atoms with van der Waals surface area (Å²) in [6.45, 7) is 2.24. The molecule has 0 spiro atoms. The van der Waals surface area contributed by atoms with Crippen LogP contribution in [0.15, 0.2) is 0 Å². The molecule has 0 aromatic heterocycles. The first kappa shape index (κ1) is 23.0. The van der Waals surface area contributed by atoms with Crippen LogP contribution in [0.1, 0.15) is 110 Å². The molecule has 1 fully saturated rings. The smallest absolute Gasteiger partial charge is 0.306 e. The number of unbranched alkanes of at least 4 members (excludes halogenated alkanes) is 9. The Balaban J connectivity index is 2.01. The highest BCUT2D eigenvalue weighted by Gasteiger charge is 2.39. The van der Waals surface area contributed by atoms with Crippen LogP contribution < -0.4 is 0 Å². The lowest BCUT2D eigenvalue weighted by atomic mass is 9.94. The fourth-order valence-corrected chi connectivity index (χ4v) is 4.05. The van der Waals surface area contributed by atoms with Crippen LogP contribution in [-0.2, 0) is 9.59 Å². The Morgan fingerprint density at radius 1 is 0.846 bits per heavy atom. The molecule has 0 radical (unpaired) electrons. The van der Waals surface area contributed by atoms with Gasteiger partial charge in [0.25, 0.3) is 0 Å². The maximum Gasteiger partial charge on any atom is 0.306 e. The van der Waals surface area contributed by atoms with Gasteiger partial charge in [-0.2, -0.15) is 0 Å². The van der Waals surface area contributed by atoms with Crippen LogP contribution in [0.5, 0.6) is 0 Å². The van der Waals surface area contributed by atoms with Crippen LogP contribution in [0, 0.1) is 17.8 Å². The van der Waals surface area contributed by atoms with E-state index in [0.717, 1.165) is 44.9 Å². The molecule has 0 heterocycles. The molecule has 152 valence electrons. The largest absolute Gasteiger partial charge is 0.481 e. The predicted molar refractivity (Wildman–Crippen MR) is 105 cm³/mol. The minimum absolute atomic E-state index is 0.196. The molecule has 3 unspecified atom stereocenters. The van der Waals surface area contributed by atoms with Gasteiger partial charge in [-0.15, -0.1) is 0 Å². The fourth-order valence-electron chi connectivity index (χ4n) is 4.05. The number of hydrogen-bond donors (Lipinski definition) is 2. The molecule has 2 N–H and O–H groups in total. The van der Waals surface area contributed by atoms with Crippen LogP contribution in [0.4, 0.5) is 0 Å². The molecule has 1 aliphatic carbocycles. The zero-order valence-electron chi connectivity index (χ0n) is 16.8. The van der Waals surface area contributed by atoms with Gasteiger partial charge in [-0.25, -0.2) is 0 Å². The standard InChI is InChI=1S/C22H40O4/c1-2-3-4-5-6-7-8-9-10-11-13-19(22(25)26)17-20-16-18(20)14-12-15-21(23)24/h18-20H,2-17H2,1H3,(H,23,24)(H,25,26). The van der Waals surface area contributed by atoms with Crippen LogP contribution in [-0.4, -0.2) is 22.2 Å². The molecule has 0 bridgehead atoms. The highest BCUT2D eigenvalue weighted by atomic mass is 16.4. The summed E-state index contributed by atoms with van der Waals surface area (Å²) in [4.78, 5) is 22.0. The van der Waals surface area contributed by atoms with E-state index < -0.39 is 11.9 Å². The van der Waals surface area contributed by atoms with Gasteiger partial charge in [-0.3, -0.25) is 9.59 Å². The van der Waals surface area contributed by atoms with Crippen molar-refractivity contribution in [2.24, 2.45) is 17.8 Å². The lowest BCUT2D eigenvalue weighted by Gasteiger charge is -2.12. The van der Waals surface area contributed by atoms with Crippen molar-refractivity contribution in [3.8, 4) is 0 Å². The van der Waals surface area contributed by atoms with Gasteiger partial charge in [0.15, 0.2) is 0 Å². The zero-order valence-corrected chi connectivity index (χ0v) is 16.8. The summed E-state index contributed by atoms with van der Waals surface area (Å²) in [6.07, 6.45) is 17.4. The highest BCUT2D eigenvalue weighted by Crippen LogP contribution is 2.47. The van der Waals surface area contributed by atoms with E-state index in [-0.39, 0.29) is 12.3 Å². The summed E-state index contributed by atoms with van der Waals surface area (Å²) in [5, 5.41) is 18.1. The maximum atomic E-state index is 11.5. The predicted octanol–water partition coefficient (Wildman–Crippen LogP) is 6.28. The van der Waals surface area contributed by atoms with Gasteiger partial charge >= 0.3 is 11.9 Å². The second-order valence-electron chi connectivity index (χ2n) is 8.28. The molecule has 0 saturated heterocycles. The Hall–Kier alpha value is -1.06. The lowest BCUT2D eigenvalue weighted by Crippen LogP contribution is -2.14. The van der Waals surface area contributed by atoms with Gasteiger partial charge < -0.3 is 10.2 Å². The molecule has 3 atom stereocenters. The quantitative estimate of drug-likeness (QED) is 0.279. The minimum atomic E-state index is -0.730. The van der Waals surface area contributed by atoms with E-state index >= 15 is 0 Å². The van der Waals surface area contributed by atoms with E-state index in [1.165, 1.54) is 51.4 Å². The van der Waals surface area contributed by atoms with Gasteiger partial charge in [0, 0.05) is 6.42 Å². The number of rotatable bonds is 18. The molecular formula is C22H40O4. The summed E-state index contributed by atoms with van der Waals surface area (Å²) >= 11 is 0. The number of carboxylic acids is 2. The van der Waals surface area contributed by atoms with Crippen molar-refractivity contribution >= 4 is 11.9 Å². The number of carboxylic acid groups (broad SMARTS) is 2. The average Bonchev–Trinajstić information content (AvgIpc) is 3.33. The van der Waals surface area contributed by atoms with Crippen molar-refractivity contribution < 1.29 is 19.8 Å². The summed E-state index contributed by atoms with van der Waals surface area (Å²) in [7, 11) is 0. The first-order valence-electron chi connectivity index (χ1n) is 11.0. The first-order valence-corrected chi connectivity index (χ1v) is 11.0. The summed E-state index contributed by atoms with van der Waals surface area (Å²) < 4.78 is 0. The SMILES string of the molecule is CCCCCCCCCCCCC(CC1CC1CCCC(=O)O)C(=O)O. The van der Waals surface area contributed by atoms with E-state index in [1.54, 1.807) is 0 Å². The maximum absolute atomic E-state index is 11.5. The van der Waals surface area contributed by atoms with E-state index in [0.29, 0.717) is 11.8 Å². The Morgan fingerprint density at radius 3 is 1.96 bits per heavy atom. The highest BCUT2D eigenvalue weighted by molar-refractivity contribution is 5.70. The van der Waals surface area contributed by atoms with Crippen LogP contribution in [0.25, 0.3) is 0 Å². The van der Waals surface area contributed by atoms with Crippen molar-refractivity contribution in [2.75, 3.05) is 0 Å². The molecule has 26 heavy (non-hydrogen) atoms. The minimum Gasteiger partial charge on any atom is -0.481 e. The van der Waals surface area contributed by atoms with Gasteiger partial charge in [-0.1, -0.05) is 71.1 Å². The zero-order chi connectivity index (χ0) is 19.2. The molecule has 0 aromatic carbocycles. The molecule has 1 rings (SSSR count). The summed E-state index contributed by atoms with van der Waals surface area (Å²) in [5.41, 5.74) is 0. The second-order valence-corrected chi connectivity index (χ2v) is 8.28. The van der Waals surface area contributed by atoms with Gasteiger partial charge in [-0.05, 0) is 43.9 Å². The average molecular weight is 369 g/mol. The molecule has 1 aliphatic rings. The van der Waals surface area contributed by atoms with Crippen molar-refractivity contribution in [2.45, 2.75) is 110 Å². The normalized spacial score (nSPS) is 20.0. The molecule has 4 nitrogen and oxygen atoms in total. The van der Waals surface area contributed by atoms with Crippen molar-refractivity contribution in [3.63, 3.8) is 0 Å². The van der Waals surface area contributed by atoms with Gasteiger partial charge in [0.2, 0.25) is 0 Å². The second kappa shape index (κ2) is 14.1. The molecule has 0 aromatic rings. The lowest BCUT2D eigenvalue weighted by molar-refractivity contribution is -0.142. The third-order valence-corrected chi connectivity index (χ3v) is 5.88. The molecule has 0 amide bonds. The van der Waals surface area contributed by atoms with E-state index in [9.17, 15) is 14.7 Å². The topological polar surface area (TPSA) is 74.6 Å².